The molecule has 1 N–H and O–H groups in total. The van der Waals surface area contributed by atoms with Crippen LogP contribution in [0, 0.1) is 0 Å². The summed E-state index contributed by atoms with van der Waals surface area (Å²) >= 11 is 0. The molecule has 1 aliphatic rings. The highest BCUT2D eigenvalue weighted by Crippen LogP contribution is 2.19. The second kappa shape index (κ2) is 7.46. The lowest BCUT2D eigenvalue weighted by molar-refractivity contribution is -0.0494. The molecular formula is C15H32N2O. The number of hydrogen-bond acceptors (Lipinski definition) is 3. The zero-order valence-corrected chi connectivity index (χ0v) is 13.0. The molecule has 0 saturated carbocycles. The van der Waals surface area contributed by atoms with Gasteiger partial charge in [0.05, 0.1) is 5.60 Å². The van der Waals surface area contributed by atoms with Crippen molar-refractivity contribution in [3.8, 4) is 0 Å². The molecule has 0 aromatic carbocycles. The van der Waals surface area contributed by atoms with Crippen LogP contribution in [0.5, 0.6) is 0 Å². The van der Waals surface area contributed by atoms with Crippen LogP contribution in [-0.2, 0) is 4.74 Å². The average Bonchev–Trinajstić information content (AvgIpc) is 2.29. The first-order valence-electron chi connectivity index (χ1n) is 7.63. The monoisotopic (exact) mass is 256 g/mol. The Morgan fingerprint density at radius 2 is 2.00 bits per heavy atom. The third-order valence-corrected chi connectivity index (χ3v) is 3.84. The van der Waals surface area contributed by atoms with Gasteiger partial charge in [0.2, 0.25) is 0 Å². The Bertz CT molecular complexity index is 231. The molecule has 1 saturated heterocycles. The summed E-state index contributed by atoms with van der Waals surface area (Å²) in [5, 5.41) is 3.69. The summed E-state index contributed by atoms with van der Waals surface area (Å²) in [6.45, 7) is 15.2. The predicted molar refractivity (Wildman–Crippen MR) is 78.1 cm³/mol. The number of ether oxygens (including phenoxy) is 1. The number of nitrogens with one attached hydrogen (secondary N) is 1. The molecule has 18 heavy (non-hydrogen) atoms. The normalized spacial score (nSPS) is 26.5. The molecule has 1 heterocycles. The van der Waals surface area contributed by atoms with E-state index in [9.17, 15) is 0 Å². The predicted octanol–water partition coefficient (Wildman–Crippen LogP) is 2.65. The topological polar surface area (TPSA) is 24.5 Å². The van der Waals surface area contributed by atoms with Crippen LogP contribution in [0.1, 0.15) is 53.9 Å². The molecule has 3 nitrogen and oxygen atoms in total. The Kier molecular flexibility index (Phi) is 6.61. The Balaban J connectivity index is 2.56. The van der Waals surface area contributed by atoms with Crippen LogP contribution < -0.4 is 5.32 Å². The smallest absolute Gasteiger partial charge is 0.0752 e. The van der Waals surface area contributed by atoms with E-state index < -0.39 is 0 Å². The number of rotatable bonds is 7. The summed E-state index contributed by atoms with van der Waals surface area (Å²) in [5.41, 5.74) is -0.0315. The van der Waals surface area contributed by atoms with Gasteiger partial charge in [0.15, 0.2) is 0 Å². The van der Waals surface area contributed by atoms with Gasteiger partial charge < -0.3 is 10.1 Å². The highest BCUT2D eigenvalue weighted by Gasteiger charge is 2.31. The van der Waals surface area contributed by atoms with Crippen molar-refractivity contribution in [1.29, 1.82) is 0 Å². The van der Waals surface area contributed by atoms with Crippen molar-refractivity contribution in [2.45, 2.75) is 71.6 Å². The Morgan fingerprint density at radius 3 is 2.56 bits per heavy atom. The third-order valence-electron chi connectivity index (χ3n) is 3.84. The molecule has 0 aliphatic carbocycles. The molecule has 1 rings (SSSR count). The Morgan fingerprint density at radius 1 is 1.28 bits per heavy atom. The number of piperazine rings is 1. The molecule has 0 bridgehead atoms. The molecule has 2 unspecified atom stereocenters. The van der Waals surface area contributed by atoms with Gasteiger partial charge in [-0.3, -0.25) is 4.90 Å². The second-order valence-electron chi connectivity index (χ2n) is 6.08. The zero-order chi connectivity index (χ0) is 13.6. The quantitative estimate of drug-likeness (QED) is 0.758. The van der Waals surface area contributed by atoms with Crippen LogP contribution in [0.25, 0.3) is 0 Å². The fourth-order valence-electron chi connectivity index (χ4n) is 2.99. The minimum atomic E-state index is -0.0315. The number of hydrogen-bond donors (Lipinski definition) is 1. The van der Waals surface area contributed by atoms with E-state index in [-0.39, 0.29) is 5.60 Å². The van der Waals surface area contributed by atoms with Crippen LogP contribution in [0.4, 0.5) is 0 Å². The van der Waals surface area contributed by atoms with Crippen LogP contribution in [0.3, 0.4) is 0 Å². The number of nitrogens with zero attached hydrogens (tertiary/aromatic N) is 1. The van der Waals surface area contributed by atoms with E-state index in [4.69, 9.17) is 4.74 Å². The van der Waals surface area contributed by atoms with Crippen molar-refractivity contribution in [1.82, 2.24) is 10.2 Å². The highest BCUT2D eigenvalue weighted by molar-refractivity contribution is 4.88. The van der Waals surface area contributed by atoms with Crippen LogP contribution in [0.15, 0.2) is 0 Å². The van der Waals surface area contributed by atoms with Crippen molar-refractivity contribution in [2.75, 3.05) is 26.2 Å². The maximum atomic E-state index is 5.86. The molecule has 2 atom stereocenters. The Labute approximate surface area is 113 Å². The van der Waals surface area contributed by atoms with Gasteiger partial charge in [-0.15, -0.1) is 0 Å². The van der Waals surface area contributed by atoms with E-state index in [0.717, 1.165) is 19.7 Å². The van der Waals surface area contributed by atoms with Gasteiger partial charge in [0, 0.05) is 38.3 Å². The molecule has 0 aromatic rings. The van der Waals surface area contributed by atoms with E-state index in [1.54, 1.807) is 0 Å². The van der Waals surface area contributed by atoms with Crippen molar-refractivity contribution in [2.24, 2.45) is 0 Å². The molecule has 108 valence electrons. The summed E-state index contributed by atoms with van der Waals surface area (Å²) in [7, 11) is 0. The summed E-state index contributed by atoms with van der Waals surface area (Å²) in [6.07, 6.45) is 3.76. The first kappa shape index (κ1) is 15.9. The lowest BCUT2D eigenvalue weighted by Gasteiger charge is -2.43. The highest BCUT2D eigenvalue weighted by atomic mass is 16.5. The average molecular weight is 256 g/mol. The molecule has 3 heteroatoms. The molecule has 0 spiro atoms. The van der Waals surface area contributed by atoms with Crippen molar-refractivity contribution in [3.05, 3.63) is 0 Å². The van der Waals surface area contributed by atoms with Gasteiger partial charge in [0.25, 0.3) is 0 Å². The van der Waals surface area contributed by atoms with E-state index in [1.165, 1.54) is 25.8 Å². The van der Waals surface area contributed by atoms with Crippen LogP contribution in [-0.4, -0.2) is 48.8 Å². The SMILES string of the molecule is CCCC1CN(CC(C)(C)OCC)C(CC)CN1. The summed E-state index contributed by atoms with van der Waals surface area (Å²) in [4.78, 5) is 2.63. The van der Waals surface area contributed by atoms with E-state index in [2.05, 4.69) is 44.8 Å². The second-order valence-corrected chi connectivity index (χ2v) is 6.08. The molecular weight excluding hydrogens is 224 g/mol. The lowest BCUT2D eigenvalue weighted by Crippen LogP contribution is -2.59. The summed E-state index contributed by atoms with van der Waals surface area (Å²) < 4.78 is 5.86. The molecule has 0 aromatic heterocycles. The molecule has 0 amide bonds. The minimum absolute atomic E-state index is 0.0315. The Hall–Kier alpha value is -0.120. The molecule has 1 fully saturated rings. The standard InChI is InChI=1S/C15H32N2O/c1-6-9-13-11-17(14(7-2)10-16-13)12-15(4,5)18-8-3/h13-14,16H,6-12H2,1-5H3. The van der Waals surface area contributed by atoms with Crippen LogP contribution in [0.2, 0.25) is 0 Å². The van der Waals surface area contributed by atoms with Crippen LogP contribution >= 0.6 is 0 Å². The van der Waals surface area contributed by atoms with Gasteiger partial charge in [-0.05, 0) is 33.6 Å². The van der Waals surface area contributed by atoms with E-state index >= 15 is 0 Å². The summed E-state index contributed by atoms with van der Waals surface area (Å²) in [6, 6.07) is 1.33. The maximum absolute atomic E-state index is 5.86. The fraction of sp³-hybridized carbons (Fsp3) is 1.00. The van der Waals surface area contributed by atoms with Gasteiger partial charge in [0.1, 0.15) is 0 Å². The zero-order valence-electron chi connectivity index (χ0n) is 13.0. The van der Waals surface area contributed by atoms with Gasteiger partial charge >= 0.3 is 0 Å². The fourth-order valence-corrected chi connectivity index (χ4v) is 2.99. The third kappa shape index (κ3) is 4.87. The van der Waals surface area contributed by atoms with Crippen molar-refractivity contribution >= 4 is 0 Å². The van der Waals surface area contributed by atoms with Gasteiger partial charge in [-0.1, -0.05) is 20.3 Å². The molecule has 0 radical (unpaired) electrons. The van der Waals surface area contributed by atoms with Crippen molar-refractivity contribution < 1.29 is 4.74 Å². The van der Waals surface area contributed by atoms with Gasteiger partial charge in [-0.2, -0.15) is 0 Å². The maximum Gasteiger partial charge on any atom is 0.0752 e. The molecule has 1 aliphatic heterocycles. The van der Waals surface area contributed by atoms with Crippen molar-refractivity contribution in [3.63, 3.8) is 0 Å². The summed E-state index contributed by atoms with van der Waals surface area (Å²) in [5.74, 6) is 0. The van der Waals surface area contributed by atoms with E-state index in [1.807, 2.05) is 0 Å². The first-order valence-corrected chi connectivity index (χ1v) is 7.63. The lowest BCUT2D eigenvalue weighted by atomic mass is 10.0. The largest absolute Gasteiger partial charge is 0.375 e. The van der Waals surface area contributed by atoms with Gasteiger partial charge in [-0.25, -0.2) is 0 Å². The van der Waals surface area contributed by atoms with E-state index in [0.29, 0.717) is 12.1 Å². The first-order chi connectivity index (χ1) is 8.52. The minimum Gasteiger partial charge on any atom is -0.375 e.